The van der Waals surface area contributed by atoms with Crippen LogP contribution in [0.5, 0.6) is 0 Å². The molecule has 0 aliphatic carbocycles. The zero-order chi connectivity index (χ0) is 12.2. The SMILES string of the molecule is C=C/C=C\C(=C/C)CC(/C=C\C=C)=C/C=C. The van der Waals surface area contributed by atoms with Crippen molar-refractivity contribution < 1.29 is 0 Å². The number of hydrogen-bond donors (Lipinski definition) is 0. The molecule has 0 heterocycles. The minimum absolute atomic E-state index is 0.886. The van der Waals surface area contributed by atoms with E-state index in [9.17, 15) is 0 Å². The largest absolute Gasteiger partial charge is 0.0991 e. The van der Waals surface area contributed by atoms with E-state index >= 15 is 0 Å². The van der Waals surface area contributed by atoms with Crippen LogP contribution in [0.15, 0.2) is 85.6 Å². The van der Waals surface area contributed by atoms with Gasteiger partial charge in [-0.25, -0.2) is 0 Å². The molecule has 16 heavy (non-hydrogen) atoms. The molecule has 0 aliphatic rings. The fourth-order valence-electron chi connectivity index (χ4n) is 1.20. The van der Waals surface area contributed by atoms with Crippen LogP contribution in [0.2, 0.25) is 0 Å². The van der Waals surface area contributed by atoms with E-state index in [1.165, 1.54) is 11.1 Å². The Morgan fingerprint density at radius 3 is 1.88 bits per heavy atom. The van der Waals surface area contributed by atoms with E-state index in [1.807, 2.05) is 31.2 Å². The van der Waals surface area contributed by atoms with Gasteiger partial charge < -0.3 is 0 Å². The van der Waals surface area contributed by atoms with Crippen LogP contribution < -0.4 is 0 Å². The first kappa shape index (κ1) is 14.2. The molecule has 0 aromatic rings. The molecule has 0 spiro atoms. The minimum atomic E-state index is 0.886. The van der Waals surface area contributed by atoms with Gasteiger partial charge in [0.25, 0.3) is 0 Å². The van der Waals surface area contributed by atoms with Gasteiger partial charge in [0, 0.05) is 0 Å². The fraction of sp³-hybridized carbons (Fsp3) is 0.125. The summed E-state index contributed by atoms with van der Waals surface area (Å²) in [5, 5.41) is 0. The Morgan fingerprint density at radius 1 is 0.875 bits per heavy atom. The second-order valence-corrected chi connectivity index (χ2v) is 3.21. The summed E-state index contributed by atoms with van der Waals surface area (Å²) in [5.41, 5.74) is 2.46. The lowest BCUT2D eigenvalue weighted by molar-refractivity contribution is 1.20. The molecule has 0 fully saturated rings. The van der Waals surface area contributed by atoms with Crippen molar-refractivity contribution in [3.8, 4) is 0 Å². The lowest BCUT2D eigenvalue weighted by atomic mass is 10.0. The average molecular weight is 212 g/mol. The topological polar surface area (TPSA) is 0 Å². The molecular weight excluding hydrogens is 192 g/mol. The standard InChI is InChI=1S/C16H20/c1-5-9-12-15(8-4)14-16(11-7-3)13-10-6-2/h5-13H,1-3,14H2,4H3/b12-9-,13-10-,15-8+,16-11+. The van der Waals surface area contributed by atoms with Gasteiger partial charge in [-0.15, -0.1) is 0 Å². The van der Waals surface area contributed by atoms with Gasteiger partial charge in [0.15, 0.2) is 0 Å². The second-order valence-electron chi connectivity index (χ2n) is 3.21. The summed E-state index contributed by atoms with van der Waals surface area (Å²) in [7, 11) is 0. The summed E-state index contributed by atoms with van der Waals surface area (Å²) >= 11 is 0. The maximum absolute atomic E-state index is 3.71. The van der Waals surface area contributed by atoms with Crippen molar-refractivity contribution in [1.82, 2.24) is 0 Å². The highest BCUT2D eigenvalue weighted by Gasteiger charge is 1.94. The molecule has 0 bridgehead atoms. The number of allylic oxidation sites excluding steroid dienone is 11. The minimum Gasteiger partial charge on any atom is -0.0991 e. The van der Waals surface area contributed by atoms with Crippen LogP contribution in [0.3, 0.4) is 0 Å². The van der Waals surface area contributed by atoms with Gasteiger partial charge in [-0.3, -0.25) is 0 Å². The summed E-state index contributed by atoms with van der Waals surface area (Å²) in [6.45, 7) is 13.1. The molecule has 0 N–H and O–H groups in total. The zero-order valence-electron chi connectivity index (χ0n) is 10.0. The molecule has 84 valence electrons. The maximum atomic E-state index is 3.71. The van der Waals surface area contributed by atoms with E-state index in [1.54, 1.807) is 18.2 Å². The highest BCUT2D eigenvalue weighted by Crippen LogP contribution is 2.14. The predicted octanol–water partition coefficient (Wildman–Crippen LogP) is 4.92. The highest BCUT2D eigenvalue weighted by atomic mass is 14.0. The summed E-state index contributed by atoms with van der Waals surface area (Å²) < 4.78 is 0. The Balaban J connectivity index is 4.73. The van der Waals surface area contributed by atoms with Gasteiger partial charge in [-0.1, -0.05) is 74.4 Å². The third kappa shape index (κ3) is 6.61. The van der Waals surface area contributed by atoms with Crippen LogP contribution in [-0.2, 0) is 0 Å². The van der Waals surface area contributed by atoms with Gasteiger partial charge in [0.05, 0.1) is 0 Å². The van der Waals surface area contributed by atoms with Crippen molar-refractivity contribution in [2.75, 3.05) is 0 Å². The molecule has 0 aromatic heterocycles. The normalized spacial score (nSPS) is 13.3. The molecular formula is C16H20. The Kier molecular flexibility index (Phi) is 8.62. The molecule has 0 radical (unpaired) electrons. The second kappa shape index (κ2) is 9.72. The maximum Gasteiger partial charge on any atom is -0.00290 e. The van der Waals surface area contributed by atoms with E-state index in [-0.39, 0.29) is 0 Å². The van der Waals surface area contributed by atoms with Crippen LogP contribution >= 0.6 is 0 Å². The van der Waals surface area contributed by atoms with Crippen molar-refractivity contribution >= 4 is 0 Å². The molecule has 0 heteroatoms. The van der Waals surface area contributed by atoms with Crippen LogP contribution in [-0.4, -0.2) is 0 Å². The lowest BCUT2D eigenvalue weighted by Crippen LogP contribution is -1.82. The molecule has 0 saturated carbocycles. The summed E-state index contributed by atoms with van der Waals surface area (Å²) in [4.78, 5) is 0. The van der Waals surface area contributed by atoms with Crippen LogP contribution in [0.25, 0.3) is 0 Å². The number of rotatable bonds is 7. The Hall–Kier alpha value is -1.82. The lowest BCUT2D eigenvalue weighted by Gasteiger charge is -2.02. The fourth-order valence-corrected chi connectivity index (χ4v) is 1.20. The van der Waals surface area contributed by atoms with E-state index < -0.39 is 0 Å². The van der Waals surface area contributed by atoms with Crippen molar-refractivity contribution in [3.05, 3.63) is 85.6 Å². The molecule has 0 atom stereocenters. The van der Waals surface area contributed by atoms with Gasteiger partial charge in [-0.2, -0.15) is 0 Å². The smallest absolute Gasteiger partial charge is 0.00290 e. The average Bonchev–Trinajstić information content (AvgIpc) is 2.31. The van der Waals surface area contributed by atoms with Crippen molar-refractivity contribution in [3.63, 3.8) is 0 Å². The van der Waals surface area contributed by atoms with Crippen molar-refractivity contribution in [2.45, 2.75) is 13.3 Å². The Labute approximate surface area is 99.4 Å². The molecule has 0 unspecified atom stereocenters. The quantitative estimate of drug-likeness (QED) is 0.525. The van der Waals surface area contributed by atoms with E-state index in [0.29, 0.717) is 0 Å². The third-order valence-electron chi connectivity index (χ3n) is 2.00. The van der Waals surface area contributed by atoms with Crippen LogP contribution in [0, 0.1) is 0 Å². The summed E-state index contributed by atoms with van der Waals surface area (Å²) in [6.07, 6.45) is 18.3. The van der Waals surface area contributed by atoms with Crippen molar-refractivity contribution in [2.24, 2.45) is 0 Å². The monoisotopic (exact) mass is 212 g/mol. The molecule has 0 aliphatic heterocycles. The molecule has 0 nitrogen and oxygen atoms in total. The molecule has 0 amide bonds. The van der Waals surface area contributed by atoms with Crippen molar-refractivity contribution in [1.29, 1.82) is 0 Å². The summed E-state index contributed by atoms with van der Waals surface area (Å²) in [5.74, 6) is 0. The van der Waals surface area contributed by atoms with Gasteiger partial charge in [0.1, 0.15) is 0 Å². The first-order valence-electron chi connectivity index (χ1n) is 5.33. The van der Waals surface area contributed by atoms with E-state index in [0.717, 1.165) is 6.42 Å². The number of hydrogen-bond acceptors (Lipinski definition) is 0. The molecule has 0 aromatic carbocycles. The van der Waals surface area contributed by atoms with E-state index in [4.69, 9.17) is 0 Å². The first-order chi connectivity index (χ1) is 7.78. The third-order valence-corrected chi connectivity index (χ3v) is 2.00. The zero-order valence-corrected chi connectivity index (χ0v) is 10.0. The first-order valence-corrected chi connectivity index (χ1v) is 5.33. The Morgan fingerprint density at radius 2 is 1.44 bits per heavy atom. The predicted molar refractivity (Wildman–Crippen MR) is 75.3 cm³/mol. The highest BCUT2D eigenvalue weighted by molar-refractivity contribution is 5.34. The Bertz CT molecular complexity index is 346. The van der Waals surface area contributed by atoms with Gasteiger partial charge in [0.2, 0.25) is 0 Å². The van der Waals surface area contributed by atoms with Gasteiger partial charge >= 0.3 is 0 Å². The molecule has 0 rings (SSSR count). The van der Waals surface area contributed by atoms with E-state index in [2.05, 4.69) is 31.9 Å². The van der Waals surface area contributed by atoms with Crippen LogP contribution in [0.1, 0.15) is 13.3 Å². The summed E-state index contributed by atoms with van der Waals surface area (Å²) in [6, 6.07) is 0. The van der Waals surface area contributed by atoms with Crippen LogP contribution in [0.4, 0.5) is 0 Å². The molecule has 0 saturated heterocycles. The van der Waals surface area contributed by atoms with Gasteiger partial charge in [-0.05, 0) is 24.5 Å².